The SMILES string of the molecule is O=C(O)CC1CS(=O)(=O)CCN1C(=O)CCc1ccco1. The first-order valence-electron chi connectivity index (χ1n) is 6.61. The molecule has 2 rings (SSSR count). The van der Waals surface area contributed by atoms with E-state index in [1.54, 1.807) is 12.1 Å². The Morgan fingerprint density at radius 2 is 2.19 bits per heavy atom. The van der Waals surface area contributed by atoms with Crippen molar-refractivity contribution in [3.8, 4) is 0 Å². The van der Waals surface area contributed by atoms with Crippen molar-refractivity contribution in [2.75, 3.05) is 18.1 Å². The molecule has 0 radical (unpaired) electrons. The molecular weight excluding hydrogens is 298 g/mol. The number of aliphatic carboxylic acids is 1. The van der Waals surface area contributed by atoms with Gasteiger partial charge in [-0.2, -0.15) is 0 Å². The van der Waals surface area contributed by atoms with Gasteiger partial charge in [-0.3, -0.25) is 9.59 Å². The molecule has 7 nitrogen and oxygen atoms in total. The maximum Gasteiger partial charge on any atom is 0.305 e. The summed E-state index contributed by atoms with van der Waals surface area (Å²) in [6.45, 7) is 0.0528. The number of carboxylic acid groups (broad SMARTS) is 1. The molecule has 0 saturated carbocycles. The van der Waals surface area contributed by atoms with Gasteiger partial charge in [-0.15, -0.1) is 0 Å². The smallest absolute Gasteiger partial charge is 0.305 e. The predicted octanol–water partition coefficient (Wildman–Crippen LogP) is 0.313. The first-order chi connectivity index (χ1) is 9.87. The van der Waals surface area contributed by atoms with E-state index in [9.17, 15) is 18.0 Å². The highest BCUT2D eigenvalue weighted by Gasteiger charge is 2.35. The molecule has 1 fully saturated rings. The normalized spacial score (nSPS) is 21.1. The number of furan rings is 1. The van der Waals surface area contributed by atoms with Crippen LogP contribution in [0.4, 0.5) is 0 Å². The Morgan fingerprint density at radius 3 is 2.81 bits per heavy atom. The van der Waals surface area contributed by atoms with E-state index in [-0.39, 0.29) is 36.8 Å². The number of hydrogen-bond acceptors (Lipinski definition) is 5. The highest BCUT2D eigenvalue weighted by atomic mass is 32.2. The van der Waals surface area contributed by atoms with Gasteiger partial charge in [0.05, 0.1) is 30.2 Å². The number of rotatable bonds is 5. The van der Waals surface area contributed by atoms with Gasteiger partial charge in [-0.1, -0.05) is 0 Å². The molecule has 21 heavy (non-hydrogen) atoms. The van der Waals surface area contributed by atoms with Crippen LogP contribution in [0.1, 0.15) is 18.6 Å². The van der Waals surface area contributed by atoms with Crippen LogP contribution in [0.5, 0.6) is 0 Å². The van der Waals surface area contributed by atoms with Gasteiger partial charge < -0.3 is 14.4 Å². The van der Waals surface area contributed by atoms with Gasteiger partial charge in [0.1, 0.15) is 5.76 Å². The second-order valence-corrected chi connectivity index (χ2v) is 7.26. The molecule has 2 heterocycles. The molecule has 1 aromatic heterocycles. The molecular formula is C13H17NO6S. The Bertz CT molecular complexity index is 607. The lowest BCUT2D eigenvalue weighted by atomic mass is 10.1. The fourth-order valence-corrected chi connectivity index (χ4v) is 3.94. The lowest BCUT2D eigenvalue weighted by Gasteiger charge is -2.34. The lowest BCUT2D eigenvalue weighted by Crippen LogP contribution is -2.52. The Balaban J connectivity index is 2.01. The summed E-state index contributed by atoms with van der Waals surface area (Å²) in [6.07, 6.45) is 1.74. The van der Waals surface area contributed by atoms with Crippen LogP contribution in [0.25, 0.3) is 0 Å². The second-order valence-electron chi connectivity index (χ2n) is 5.03. The minimum atomic E-state index is -3.28. The van der Waals surface area contributed by atoms with Crippen LogP contribution in [0.2, 0.25) is 0 Å². The van der Waals surface area contributed by atoms with Gasteiger partial charge >= 0.3 is 5.97 Å². The lowest BCUT2D eigenvalue weighted by molar-refractivity contribution is -0.140. The van der Waals surface area contributed by atoms with Crippen LogP contribution < -0.4 is 0 Å². The van der Waals surface area contributed by atoms with Gasteiger partial charge in [0.15, 0.2) is 9.84 Å². The zero-order valence-electron chi connectivity index (χ0n) is 11.4. The van der Waals surface area contributed by atoms with Crippen LogP contribution in [0.3, 0.4) is 0 Å². The van der Waals surface area contributed by atoms with Crippen molar-refractivity contribution in [1.82, 2.24) is 4.90 Å². The Kier molecular flexibility index (Phi) is 4.66. The van der Waals surface area contributed by atoms with Crippen molar-refractivity contribution < 1.29 is 27.5 Å². The summed E-state index contributed by atoms with van der Waals surface area (Å²) in [5.74, 6) is -1.09. The van der Waals surface area contributed by atoms with Crippen LogP contribution in [-0.2, 0) is 25.8 Å². The van der Waals surface area contributed by atoms with Gasteiger partial charge in [0, 0.05) is 19.4 Å². The summed E-state index contributed by atoms with van der Waals surface area (Å²) in [5, 5.41) is 8.87. The zero-order valence-corrected chi connectivity index (χ0v) is 12.2. The fourth-order valence-electron chi connectivity index (χ4n) is 2.41. The summed E-state index contributed by atoms with van der Waals surface area (Å²) < 4.78 is 28.4. The first kappa shape index (κ1) is 15.6. The highest BCUT2D eigenvalue weighted by Crippen LogP contribution is 2.17. The minimum Gasteiger partial charge on any atom is -0.481 e. The molecule has 0 aliphatic carbocycles. The first-order valence-corrected chi connectivity index (χ1v) is 8.43. The van der Waals surface area contributed by atoms with E-state index in [1.165, 1.54) is 11.2 Å². The van der Waals surface area contributed by atoms with Crippen LogP contribution in [0.15, 0.2) is 22.8 Å². The van der Waals surface area contributed by atoms with Crippen molar-refractivity contribution in [2.24, 2.45) is 0 Å². The zero-order chi connectivity index (χ0) is 15.5. The molecule has 1 N–H and O–H groups in total. The largest absolute Gasteiger partial charge is 0.481 e. The summed E-state index contributed by atoms with van der Waals surface area (Å²) >= 11 is 0. The van der Waals surface area contributed by atoms with Gasteiger partial charge in [-0.25, -0.2) is 8.42 Å². The molecule has 8 heteroatoms. The van der Waals surface area contributed by atoms with E-state index in [1.807, 2.05) is 0 Å². The number of carbonyl (C=O) groups excluding carboxylic acids is 1. The molecule has 0 spiro atoms. The third-order valence-electron chi connectivity index (χ3n) is 3.43. The van der Waals surface area contributed by atoms with Crippen LogP contribution >= 0.6 is 0 Å². The summed E-state index contributed by atoms with van der Waals surface area (Å²) in [7, 11) is -3.28. The number of carbonyl (C=O) groups is 2. The summed E-state index contributed by atoms with van der Waals surface area (Å²) in [5.41, 5.74) is 0. The van der Waals surface area contributed by atoms with Crippen LogP contribution in [0, 0.1) is 0 Å². The fraction of sp³-hybridized carbons (Fsp3) is 0.538. The molecule has 1 aliphatic heterocycles. The number of carboxylic acids is 1. The molecule has 1 saturated heterocycles. The number of aryl methyl sites for hydroxylation is 1. The van der Waals surface area contributed by atoms with Crippen molar-refractivity contribution in [1.29, 1.82) is 0 Å². The number of hydrogen-bond donors (Lipinski definition) is 1. The van der Waals surface area contributed by atoms with E-state index in [0.29, 0.717) is 12.2 Å². The Morgan fingerprint density at radius 1 is 1.43 bits per heavy atom. The van der Waals surface area contributed by atoms with Gasteiger partial charge in [0.2, 0.25) is 5.91 Å². The average Bonchev–Trinajstić information content (AvgIpc) is 2.87. The molecule has 0 aromatic carbocycles. The third-order valence-corrected chi connectivity index (χ3v) is 5.12. The molecule has 0 bridgehead atoms. The Labute approximate surface area is 122 Å². The van der Waals surface area contributed by atoms with Crippen molar-refractivity contribution >= 4 is 21.7 Å². The number of amides is 1. The maximum absolute atomic E-state index is 12.2. The molecule has 1 aromatic rings. The van der Waals surface area contributed by atoms with E-state index in [2.05, 4.69) is 0 Å². The maximum atomic E-state index is 12.2. The standard InChI is InChI=1S/C13H17NO6S/c15-12(4-3-11-2-1-6-20-11)14-5-7-21(18,19)9-10(14)8-13(16)17/h1-2,6,10H,3-5,7-9H2,(H,16,17). The van der Waals surface area contributed by atoms with Crippen molar-refractivity contribution in [2.45, 2.75) is 25.3 Å². The average molecular weight is 315 g/mol. The summed E-state index contributed by atoms with van der Waals surface area (Å²) in [4.78, 5) is 24.4. The predicted molar refractivity (Wildman–Crippen MR) is 73.4 cm³/mol. The van der Waals surface area contributed by atoms with Crippen molar-refractivity contribution in [3.05, 3.63) is 24.2 Å². The molecule has 1 atom stereocenters. The van der Waals surface area contributed by atoms with E-state index in [0.717, 1.165) is 0 Å². The molecule has 1 unspecified atom stereocenters. The number of sulfone groups is 1. The topological polar surface area (TPSA) is 105 Å². The highest BCUT2D eigenvalue weighted by molar-refractivity contribution is 7.91. The monoisotopic (exact) mass is 315 g/mol. The van der Waals surface area contributed by atoms with E-state index >= 15 is 0 Å². The molecule has 116 valence electrons. The van der Waals surface area contributed by atoms with E-state index < -0.39 is 21.8 Å². The second kappa shape index (κ2) is 6.30. The number of nitrogens with zero attached hydrogens (tertiary/aromatic N) is 1. The Hall–Kier alpha value is -1.83. The van der Waals surface area contributed by atoms with E-state index in [4.69, 9.17) is 9.52 Å². The van der Waals surface area contributed by atoms with Gasteiger partial charge in [-0.05, 0) is 12.1 Å². The molecule has 1 aliphatic rings. The van der Waals surface area contributed by atoms with Crippen LogP contribution in [-0.4, -0.2) is 54.4 Å². The molecule has 1 amide bonds. The third kappa shape index (κ3) is 4.32. The minimum absolute atomic E-state index is 0.0528. The quantitative estimate of drug-likeness (QED) is 0.838. The summed E-state index contributed by atoms with van der Waals surface area (Å²) in [6, 6.07) is 2.69. The van der Waals surface area contributed by atoms with Crippen molar-refractivity contribution in [3.63, 3.8) is 0 Å². The van der Waals surface area contributed by atoms with Gasteiger partial charge in [0.25, 0.3) is 0 Å².